The quantitative estimate of drug-likeness (QED) is 0.390. The highest BCUT2D eigenvalue weighted by Gasteiger charge is 2.13. The molecule has 0 saturated heterocycles. The molecule has 0 aliphatic rings. The molecule has 2 aromatic carbocycles. The summed E-state index contributed by atoms with van der Waals surface area (Å²) in [5.41, 5.74) is 1.65. The molecule has 0 heterocycles. The lowest BCUT2D eigenvalue weighted by Gasteiger charge is -2.13. The van der Waals surface area contributed by atoms with E-state index in [0.29, 0.717) is 35.9 Å². The Morgan fingerprint density at radius 3 is 2.24 bits per heavy atom. The predicted octanol–water partition coefficient (Wildman–Crippen LogP) is 1.92. The Balaban J connectivity index is 1.77. The van der Waals surface area contributed by atoms with Gasteiger partial charge in [0.25, 0.3) is 5.91 Å². The summed E-state index contributed by atoms with van der Waals surface area (Å²) < 4.78 is 24.5. The fraction of sp³-hybridized carbons (Fsp3) is 0.333. The van der Waals surface area contributed by atoms with E-state index in [0.717, 1.165) is 5.56 Å². The molecule has 0 aliphatic carbocycles. The van der Waals surface area contributed by atoms with Crippen molar-refractivity contribution in [3.8, 4) is 0 Å². The normalized spacial score (nSPS) is 11.8. The van der Waals surface area contributed by atoms with E-state index < -0.39 is 9.84 Å². The third-order valence-electron chi connectivity index (χ3n) is 4.28. The molecule has 0 fully saturated rings. The minimum absolute atomic E-state index is 0.0348. The van der Waals surface area contributed by atoms with E-state index in [1.807, 2.05) is 12.1 Å². The molecule has 0 saturated carbocycles. The number of carbonyl (C=O) groups is 1. The zero-order valence-electron chi connectivity index (χ0n) is 17.1. The molecule has 0 radical (unpaired) electrons. The highest BCUT2D eigenvalue weighted by molar-refractivity contribution is 7.91. The Kier molecular flexibility index (Phi) is 8.21. The Hall–Kier alpha value is -2.87. The van der Waals surface area contributed by atoms with Gasteiger partial charge < -0.3 is 15.5 Å². The molecular weight excluding hydrogens is 388 g/mol. The van der Waals surface area contributed by atoms with Gasteiger partial charge in [-0.3, -0.25) is 9.79 Å². The van der Waals surface area contributed by atoms with Gasteiger partial charge in [0.15, 0.2) is 15.8 Å². The second-order valence-corrected chi connectivity index (χ2v) is 8.84. The molecule has 2 rings (SSSR count). The molecule has 0 aliphatic heterocycles. The number of guanidine groups is 1. The van der Waals surface area contributed by atoms with Crippen LogP contribution in [0.1, 0.15) is 22.3 Å². The molecule has 156 valence electrons. The van der Waals surface area contributed by atoms with Crippen LogP contribution in [0.3, 0.4) is 0 Å². The number of rotatable bonds is 8. The van der Waals surface area contributed by atoms with Gasteiger partial charge in [0.05, 0.1) is 10.6 Å². The summed E-state index contributed by atoms with van der Waals surface area (Å²) in [5.74, 6) is 0.630. The standard InChI is InChI=1S/C21H28N4O3S/c1-22-21(23-14-7-15-29(27,28)19-8-5-4-6-9-19)24-16-17-10-12-18(13-11-17)20(26)25(2)3/h4-6,8-13H,7,14-16H2,1-3H3,(H2,22,23,24). The van der Waals surface area contributed by atoms with Crippen LogP contribution in [-0.4, -0.2) is 58.6 Å². The lowest BCUT2D eigenvalue weighted by atomic mass is 10.1. The second kappa shape index (κ2) is 10.6. The number of nitrogens with one attached hydrogen (secondary N) is 2. The van der Waals surface area contributed by atoms with Gasteiger partial charge in [-0.25, -0.2) is 8.42 Å². The molecule has 0 bridgehead atoms. The third-order valence-corrected chi connectivity index (χ3v) is 6.09. The SMILES string of the molecule is CN=C(NCCCS(=O)(=O)c1ccccc1)NCc1ccc(C(=O)N(C)C)cc1. The summed E-state index contributed by atoms with van der Waals surface area (Å²) in [4.78, 5) is 17.9. The number of sulfone groups is 1. The lowest BCUT2D eigenvalue weighted by Crippen LogP contribution is -2.37. The van der Waals surface area contributed by atoms with Crippen molar-refractivity contribution in [1.29, 1.82) is 0 Å². The van der Waals surface area contributed by atoms with Gasteiger partial charge in [0.2, 0.25) is 0 Å². The van der Waals surface area contributed by atoms with Crippen LogP contribution in [0.15, 0.2) is 64.5 Å². The van der Waals surface area contributed by atoms with Gasteiger partial charge in [-0.1, -0.05) is 30.3 Å². The average Bonchev–Trinajstić information content (AvgIpc) is 2.73. The largest absolute Gasteiger partial charge is 0.356 e. The summed E-state index contributed by atoms with van der Waals surface area (Å²) in [6.45, 7) is 1.03. The molecule has 0 atom stereocenters. The Morgan fingerprint density at radius 2 is 1.66 bits per heavy atom. The van der Waals surface area contributed by atoms with Crippen LogP contribution in [-0.2, 0) is 16.4 Å². The van der Waals surface area contributed by atoms with Crippen molar-refractivity contribution in [2.75, 3.05) is 33.4 Å². The summed E-state index contributed by atoms with van der Waals surface area (Å²) in [7, 11) is 1.83. The van der Waals surface area contributed by atoms with Crippen molar-refractivity contribution in [3.63, 3.8) is 0 Å². The van der Waals surface area contributed by atoms with Gasteiger partial charge in [-0.05, 0) is 36.2 Å². The van der Waals surface area contributed by atoms with Crippen molar-refractivity contribution >= 4 is 21.7 Å². The number of hydrogen-bond acceptors (Lipinski definition) is 4. The number of hydrogen-bond donors (Lipinski definition) is 2. The number of benzene rings is 2. The minimum Gasteiger partial charge on any atom is -0.356 e. The van der Waals surface area contributed by atoms with Gasteiger partial charge in [0.1, 0.15) is 0 Å². The predicted molar refractivity (Wildman–Crippen MR) is 116 cm³/mol. The van der Waals surface area contributed by atoms with E-state index in [4.69, 9.17) is 0 Å². The van der Waals surface area contributed by atoms with Crippen LogP contribution in [0.5, 0.6) is 0 Å². The van der Waals surface area contributed by atoms with Crippen molar-refractivity contribution in [2.45, 2.75) is 17.9 Å². The summed E-state index contributed by atoms with van der Waals surface area (Å²) >= 11 is 0. The molecule has 0 aromatic heterocycles. The van der Waals surface area contributed by atoms with E-state index in [9.17, 15) is 13.2 Å². The number of nitrogens with zero attached hydrogens (tertiary/aromatic N) is 2. The van der Waals surface area contributed by atoms with Crippen LogP contribution < -0.4 is 10.6 Å². The molecule has 29 heavy (non-hydrogen) atoms. The van der Waals surface area contributed by atoms with E-state index in [2.05, 4.69) is 15.6 Å². The molecule has 2 N–H and O–H groups in total. The van der Waals surface area contributed by atoms with Crippen molar-refractivity contribution < 1.29 is 13.2 Å². The van der Waals surface area contributed by atoms with Crippen LogP contribution in [0.25, 0.3) is 0 Å². The van der Waals surface area contributed by atoms with Gasteiger partial charge in [0, 0.05) is 39.8 Å². The molecular formula is C21H28N4O3S. The lowest BCUT2D eigenvalue weighted by molar-refractivity contribution is 0.0827. The van der Waals surface area contributed by atoms with E-state index in [-0.39, 0.29) is 11.7 Å². The maximum absolute atomic E-state index is 12.3. The smallest absolute Gasteiger partial charge is 0.253 e. The van der Waals surface area contributed by atoms with Crippen molar-refractivity contribution in [2.24, 2.45) is 4.99 Å². The fourth-order valence-electron chi connectivity index (χ4n) is 2.64. The molecule has 0 unspecified atom stereocenters. The number of amides is 1. The summed E-state index contributed by atoms with van der Waals surface area (Å²) in [6.07, 6.45) is 0.471. The maximum Gasteiger partial charge on any atom is 0.253 e. The highest BCUT2D eigenvalue weighted by atomic mass is 32.2. The highest BCUT2D eigenvalue weighted by Crippen LogP contribution is 2.10. The molecule has 8 heteroatoms. The second-order valence-electron chi connectivity index (χ2n) is 6.73. The van der Waals surface area contributed by atoms with Gasteiger partial charge >= 0.3 is 0 Å². The zero-order valence-corrected chi connectivity index (χ0v) is 17.9. The summed E-state index contributed by atoms with van der Waals surface area (Å²) in [5, 5.41) is 6.30. The molecule has 0 spiro atoms. The number of carbonyl (C=O) groups excluding carboxylic acids is 1. The van der Waals surface area contributed by atoms with Crippen molar-refractivity contribution in [1.82, 2.24) is 15.5 Å². The Morgan fingerprint density at radius 1 is 1.00 bits per heavy atom. The first-order valence-corrected chi connectivity index (χ1v) is 11.0. The summed E-state index contributed by atoms with van der Waals surface area (Å²) in [6, 6.07) is 15.8. The molecule has 1 amide bonds. The van der Waals surface area contributed by atoms with E-state index >= 15 is 0 Å². The topological polar surface area (TPSA) is 90.9 Å². The van der Waals surface area contributed by atoms with Gasteiger partial charge in [-0.2, -0.15) is 0 Å². The first-order valence-electron chi connectivity index (χ1n) is 9.36. The average molecular weight is 417 g/mol. The van der Waals surface area contributed by atoms with E-state index in [1.54, 1.807) is 63.6 Å². The molecule has 7 nitrogen and oxygen atoms in total. The van der Waals surface area contributed by atoms with E-state index in [1.165, 1.54) is 4.90 Å². The van der Waals surface area contributed by atoms with Crippen LogP contribution in [0.4, 0.5) is 0 Å². The molecule has 2 aromatic rings. The Bertz CT molecular complexity index is 924. The van der Waals surface area contributed by atoms with Gasteiger partial charge in [-0.15, -0.1) is 0 Å². The monoisotopic (exact) mass is 416 g/mol. The van der Waals surface area contributed by atoms with Crippen LogP contribution in [0, 0.1) is 0 Å². The third kappa shape index (κ3) is 6.90. The Labute approximate surface area is 172 Å². The zero-order chi connectivity index (χ0) is 21.3. The first-order chi connectivity index (χ1) is 13.8. The van der Waals surface area contributed by atoms with Crippen molar-refractivity contribution in [3.05, 3.63) is 65.7 Å². The van der Waals surface area contributed by atoms with Crippen LogP contribution in [0.2, 0.25) is 0 Å². The van der Waals surface area contributed by atoms with Crippen LogP contribution >= 0.6 is 0 Å². The maximum atomic E-state index is 12.3. The first kappa shape index (κ1) is 22.4. The minimum atomic E-state index is -3.27. The fourth-order valence-corrected chi connectivity index (χ4v) is 3.98. The number of aliphatic imine (C=N–C) groups is 1.